The van der Waals surface area contributed by atoms with Crippen LogP contribution in [0.3, 0.4) is 0 Å². The fourth-order valence-corrected chi connectivity index (χ4v) is 4.75. The summed E-state index contributed by atoms with van der Waals surface area (Å²) in [6.45, 7) is 3.73. The Hall–Kier alpha value is -2.79. The van der Waals surface area contributed by atoms with Crippen molar-refractivity contribution in [3.8, 4) is 11.8 Å². The van der Waals surface area contributed by atoms with Gasteiger partial charge in [0.1, 0.15) is 17.5 Å². The number of ether oxygens (including phenoxy) is 2. The summed E-state index contributed by atoms with van der Waals surface area (Å²) < 4.78 is 12.2. The van der Waals surface area contributed by atoms with Gasteiger partial charge in [-0.05, 0) is 56.2 Å². The molecule has 0 saturated heterocycles. The highest BCUT2D eigenvalue weighted by Gasteiger charge is 2.55. The van der Waals surface area contributed by atoms with Gasteiger partial charge in [0.25, 0.3) is 0 Å². The van der Waals surface area contributed by atoms with Gasteiger partial charge in [0.05, 0.1) is 24.1 Å². The third kappa shape index (κ3) is 3.93. The van der Waals surface area contributed by atoms with E-state index in [0.29, 0.717) is 44.8 Å². The molecule has 1 saturated carbocycles. The molecule has 0 aromatic heterocycles. The van der Waals surface area contributed by atoms with E-state index >= 15 is 0 Å². The maximum absolute atomic E-state index is 12.8. The third-order valence-electron chi connectivity index (χ3n) is 6.30. The largest absolute Gasteiger partial charge is 0.485 e. The molecular weight excluding hydrogens is 465 g/mol. The van der Waals surface area contributed by atoms with Crippen LogP contribution in [0.2, 0.25) is 10.0 Å². The summed E-state index contributed by atoms with van der Waals surface area (Å²) in [5, 5.41) is 27.2. The molecule has 2 aliphatic heterocycles. The van der Waals surface area contributed by atoms with Crippen LogP contribution >= 0.6 is 23.2 Å². The van der Waals surface area contributed by atoms with Crippen molar-refractivity contribution in [2.75, 3.05) is 0 Å². The molecule has 1 N–H and O–H groups in total. The normalized spacial score (nSPS) is 27.0. The number of halogens is 2. The zero-order valence-electron chi connectivity index (χ0n) is 18.0. The van der Waals surface area contributed by atoms with Crippen LogP contribution in [0.1, 0.15) is 43.1 Å². The number of hydrazone groups is 1. The van der Waals surface area contributed by atoms with Crippen LogP contribution in [0.15, 0.2) is 41.5 Å². The number of rotatable bonds is 3. The van der Waals surface area contributed by atoms with Crippen LogP contribution in [0.4, 0.5) is 0 Å². The van der Waals surface area contributed by atoms with Crippen LogP contribution in [0, 0.1) is 23.2 Å². The van der Waals surface area contributed by atoms with Gasteiger partial charge in [-0.3, -0.25) is 4.79 Å². The second-order valence-electron chi connectivity index (χ2n) is 9.07. The van der Waals surface area contributed by atoms with E-state index in [1.807, 2.05) is 0 Å². The van der Waals surface area contributed by atoms with Crippen molar-refractivity contribution in [3.63, 3.8) is 0 Å². The van der Waals surface area contributed by atoms with Crippen LogP contribution in [0.5, 0.6) is 5.75 Å². The Morgan fingerprint density at radius 3 is 2.79 bits per heavy atom. The molecule has 1 fully saturated rings. The second kappa shape index (κ2) is 7.91. The molecule has 0 bridgehead atoms. The number of carbonyl (C=O) groups excluding carboxylic acids is 1. The van der Waals surface area contributed by atoms with Crippen molar-refractivity contribution in [3.05, 3.63) is 63.1 Å². The molecule has 2 heterocycles. The van der Waals surface area contributed by atoms with Gasteiger partial charge >= 0.3 is 0 Å². The van der Waals surface area contributed by atoms with Gasteiger partial charge in [0.2, 0.25) is 11.8 Å². The zero-order chi connectivity index (χ0) is 23.5. The quantitative estimate of drug-likeness (QED) is 0.692. The topological polar surface area (TPSA) is 95.2 Å². The predicted molar refractivity (Wildman–Crippen MR) is 122 cm³/mol. The number of nitriles is 1. The first-order valence-corrected chi connectivity index (χ1v) is 11.3. The third-order valence-corrected chi connectivity index (χ3v) is 6.89. The lowest BCUT2D eigenvalue weighted by atomic mass is 9.87. The lowest BCUT2D eigenvalue weighted by Gasteiger charge is -2.42. The Labute approximate surface area is 201 Å². The van der Waals surface area contributed by atoms with Crippen LogP contribution in [-0.2, 0) is 16.1 Å². The van der Waals surface area contributed by atoms with Crippen LogP contribution in [0.25, 0.3) is 0 Å². The summed E-state index contributed by atoms with van der Waals surface area (Å²) in [7, 11) is 0. The number of benzene rings is 2. The zero-order valence-corrected chi connectivity index (χ0v) is 19.5. The Bertz CT molecular complexity index is 1220. The summed E-state index contributed by atoms with van der Waals surface area (Å²) in [5.74, 6) is 0.505. The maximum Gasteiger partial charge on any atom is 0.247 e. The number of amides is 1. The van der Waals surface area contributed by atoms with Crippen molar-refractivity contribution in [1.82, 2.24) is 5.01 Å². The summed E-state index contributed by atoms with van der Waals surface area (Å²) >= 11 is 12.3. The lowest BCUT2D eigenvalue weighted by molar-refractivity contribution is -0.135. The number of hydrogen-bond donors (Lipinski definition) is 1. The maximum atomic E-state index is 12.8. The van der Waals surface area contributed by atoms with E-state index < -0.39 is 17.8 Å². The highest BCUT2D eigenvalue weighted by atomic mass is 35.5. The Morgan fingerprint density at radius 1 is 1.27 bits per heavy atom. The van der Waals surface area contributed by atoms with Crippen LogP contribution in [-0.4, -0.2) is 33.6 Å². The SMILES string of the molecule is CC1(C)Oc2ccc(C#N)cc2C(OC2=NN(Cc3ccc(Cl)cc3Cl)C(=O)C3CC23)C1O. The molecule has 2 aromatic rings. The fourth-order valence-electron chi connectivity index (χ4n) is 4.28. The predicted octanol–water partition coefficient (Wildman–Crippen LogP) is 4.45. The van der Waals surface area contributed by atoms with E-state index in [1.165, 1.54) is 5.01 Å². The van der Waals surface area contributed by atoms with E-state index in [4.69, 9.17) is 32.7 Å². The van der Waals surface area contributed by atoms with Crippen molar-refractivity contribution in [2.24, 2.45) is 16.9 Å². The van der Waals surface area contributed by atoms with Gasteiger partial charge in [-0.25, -0.2) is 5.01 Å². The molecule has 7 nitrogen and oxygen atoms in total. The summed E-state index contributed by atoms with van der Waals surface area (Å²) in [6.07, 6.45) is -1.18. The molecule has 170 valence electrons. The molecule has 4 unspecified atom stereocenters. The van der Waals surface area contributed by atoms with Crippen molar-refractivity contribution >= 4 is 35.0 Å². The first-order chi connectivity index (χ1) is 15.7. The van der Waals surface area contributed by atoms with Crippen LogP contribution < -0.4 is 4.74 Å². The summed E-state index contributed by atoms with van der Waals surface area (Å²) in [5.41, 5.74) is 0.802. The molecule has 33 heavy (non-hydrogen) atoms. The minimum atomic E-state index is -1.02. The molecule has 1 amide bonds. The summed E-state index contributed by atoms with van der Waals surface area (Å²) in [4.78, 5) is 12.8. The van der Waals surface area contributed by atoms with Gasteiger partial charge in [0, 0.05) is 21.5 Å². The molecular formula is C24H21Cl2N3O4. The minimum absolute atomic E-state index is 0.0848. The van der Waals surface area contributed by atoms with Gasteiger partial charge in [-0.15, -0.1) is 5.10 Å². The smallest absolute Gasteiger partial charge is 0.247 e. The van der Waals surface area contributed by atoms with E-state index in [1.54, 1.807) is 50.2 Å². The Morgan fingerprint density at radius 2 is 2.06 bits per heavy atom. The Balaban J connectivity index is 1.47. The van der Waals surface area contributed by atoms with Gasteiger partial charge in [-0.2, -0.15) is 5.26 Å². The van der Waals surface area contributed by atoms with Gasteiger partial charge in [-0.1, -0.05) is 29.3 Å². The van der Waals surface area contributed by atoms with Gasteiger partial charge in [0.15, 0.2) is 6.10 Å². The second-order valence-corrected chi connectivity index (χ2v) is 9.92. The number of hydrogen-bond acceptors (Lipinski definition) is 6. The van der Waals surface area contributed by atoms with E-state index in [9.17, 15) is 15.2 Å². The highest BCUT2D eigenvalue weighted by Crippen LogP contribution is 2.48. The number of carbonyl (C=O) groups is 1. The molecule has 2 aromatic carbocycles. The van der Waals surface area contributed by atoms with Crippen molar-refractivity contribution in [1.29, 1.82) is 5.26 Å². The number of fused-ring (bicyclic) bond motifs is 2. The average molecular weight is 486 g/mol. The molecule has 1 aliphatic carbocycles. The van der Waals surface area contributed by atoms with E-state index in [2.05, 4.69) is 11.2 Å². The fraction of sp³-hybridized carbons (Fsp3) is 0.375. The van der Waals surface area contributed by atoms with Gasteiger partial charge < -0.3 is 14.6 Å². The highest BCUT2D eigenvalue weighted by molar-refractivity contribution is 6.35. The van der Waals surface area contributed by atoms with Crippen molar-refractivity contribution < 1.29 is 19.4 Å². The molecule has 0 radical (unpaired) electrons. The molecule has 4 atom stereocenters. The Kier molecular flexibility index (Phi) is 5.28. The van der Waals surface area contributed by atoms with E-state index in [0.717, 1.165) is 0 Å². The standard InChI is InChI=1S/C24H21Cl2N3O4/c1-24(2)21(30)20(17-7-12(10-27)3-6-19(17)33-24)32-22-15-9-16(15)23(31)29(28-22)11-13-4-5-14(25)8-18(13)26/h3-8,15-16,20-21,30H,9,11H2,1-2H3. The van der Waals surface area contributed by atoms with E-state index in [-0.39, 0.29) is 24.3 Å². The molecule has 5 rings (SSSR count). The monoisotopic (exact) mass is 485 g/mol. The van der Waals surface area contributed by atoms with Crippen molar-refractivity contribution in [2.45, 2.75) is 44.6 Å². The summed E-state index contributed by atoms with van der Waals surface area (Å²) in [6, 6.07) is 12.2. The molecule has 9 heteroatoms. The molecule has 0 spiro atoms. The number of nitrogens with zero attached hydrogens (tertiary/aromatic N) is 3. The molecule has 3 aliphatic rings. The average Bonchev–Trinajstić information content (AvgIpc) is 3.57. The minimum Gasteiger partial charge on any atom is -0.485 e. The lowest BCUT2D eigenvalue weighted by Crippen LogP contribution is -2.50. The number of aliphatic hydroxyl groups excluding tert-OH is 1. The first-order valence-electron chi connectivity index (χ1n) is 10.6. The first kappa shape index (κ1) is 22.0. The number of aliphatic hydroxyl groups is 1.